The van der Waals surface area contributed by atoms with Crippen molar-refractivity contribution in [2.75, 3.05) is 19.6 Å². The van der Waals surface area contributed by atoms with E-state index < -0.39 is 6.09 Å². The lowest BCUT2D eigenvalue weighted by Crippen LogP contribution is -2.50. The first-order chi connectivity index (χ1) is 6.68. The first-order valence-electron chi connectivity index (χ1n) is 4.41. The van der Waals surface area contributed by atoms with Crippen LogP contribution in [0.2, 0.25) is 0 Å². The van der Waals surface area contributed by atoms with Crippen molar-refractivity contribution >= 4 is 12.0 Å². The molecule has 2 rings (SSSR count). The molecule has 6 heteroatoms. The van der Waals surface area contributed by atoms with Gasteiger partial charge >= 0.3 is 6.09 Å². The van der Waals surface area contributed by atoms with E-state index >= 15 is 0 Å². The van der Waals surface area contributed by atoms with E-state index in [-0.39, 0.29) is 12.5 Å². The molecule has 2 amide bonds. The van der Waals surface area contributed by atoms with E-state index in [0.717, 1.165) is 17.1 Å². The number of amides is 2. The van der Waals surface area contributed by atoms with Crippen LogP contribution >= 0.6 is 0 Å². The van der Waals surface area contributed by atoms with Crippen molar-refractivity contribution < 1.29 is 14.7 Å². The quantitative estimate of drug-likeness (QED) is 0.479. The maximum Gasteiger partial charge on any atom is 0.412 e. The predicted molar refractivity (Wildman–Crippen MR) is 47.4 cm³/mol. The molecule has 0 atom stereocenters. The molecule has 0 fully saturated rings. The molecule has 0 radical (unpaired) electrons. The monoisotopic (exact) mass is 197 g/mol. The Morgan fingerprint density at radius 2 is 2.29 bits per heavy atom. The van der Waals surface area contributed by atoms with Crippen LogP contribution in [0.4, 0.5) is 4.79 Å². The molecule has 2 aliphatic rings. The molecule has 0 bridgehead atoms. The maximum atomic E-state index is 11.2. The number of hydrogen-bond acceptors (Lipinski definition) is 3. The van der Waals surface area contributed by atoms with Crippen molar-refractivity contribution in [3.8, 4) is 0 Å². The van der Waals surface area contributed by atoms with Gasteiger partial charge in [0, 0.05) is 25.2 Å². The number of carboxylic acid groups (broad SMARTS) is 1. The highest BCUT2D eigenvalue weighted by Crippen LogP contribution is 2.19. The second kappa shape index (κ2) is 3.30. The summed E-state index contributed by atoms with van der Waals surface area (Å²) in [6, 6.07) is 0. The summed E-state index contributed by atoms with van der Waals surface area (Å²) in [6.07, 6.45) is -0.420. The molecule has 0 spiro atoms. The summed E-state index contributed by atoms with van der Waals surface area (Å²) < 4.78 is 0. The zero-order valence-corrected chi connectivity index (χ0v) is 7.54. The number of hydrogen-bond donors (Lipinski definition) is 3. The Hall–Kier alpha value is -1.56. The lowest BCUT2D eigenvalue weighted by atomic mass is 10.1. The van der Waals surface area contributed by atoms with Gasteiger partial charge in [-0.25, -0.2) is 4.79 Å². The van der Waals surface area contributed by atoms with Crippen LogP contribution in [0.3, 0.4) is 0 Å². The summed E-state index contributed by atoms with van der Waals surface area (Å²) in [5, 5.41) is 14.6. The molecule has 76 valence electrons. The van der Waals surface area contributed by atoms with E-state index in [2.05, 4.69) is 10.6 Å². The van der Waals surface area contributed by atoms with Gasteiger partial charge < -0.3 is 15.7 Å². The molecule has 0 unspecified atom stereocenters. The first-order valence-corrected chi connectivity index (χ1v) is 4.41. The van der Waals surface area contributed by atoms with Crippen LogP contribution in [0, 0.1) is 0 Å². The van der Waals surface area contributed by atoms with Gasteiger partial charge in [0.25, 0.3) is 0 Å². The topological polar surface area (TPSA) is 81.7 Å². The van der Waals surface area contributed by atoms with Crippen LogP contribution in [-0.4, -0.2) is 41.6 Å². The lowest BCUT2D eigenvalue weighted by molar-refractivity contribution is -0.121. The van der Waals surface area contributed by atoms with Crippen molar-refractivity contribution in [1.29, 1.82) is 0 Å². The summed E-state index contributed by atoms with van der Waals surface area (Å²) in [6.45, 7) is 1.19. The summed E-state index contributed by atoms with van der Waals surface area (Å²) >= 11 is 0. The van der Waals surface area contributed by atoms with E-state index in [9.17, 15) is 9.59 Å². The molecule has 0 saturated carbocycles. The fraction of sp³-hybridized carbons (Fsp3) is 0.500. The van der Waals surface area contributed by atoms with Crippen LogP contribution in [0.5, 0.6) is 0 Å². The number of rotatable bonds is 0. The van der Waals surface area contributed by atoms with Gasteiger partial charge in [0.1, 0.15) is 6.54 Å². The molecule has 0 aromatic carbocycles. The van der Waals surface area contributed by atoms with Gasteiger partial charge in [-0.2, -0.15) is 0 Å². The summed E-state index contributed by atoms with van der Waals surface area (Å²) in [5.74, 6) is -0.269. The van der Waals surface area contributed by atoms with Gasteiger partial charge in [-0.1, -0.05) is 0 Å². The number of carbonyl (C=O) groups is 2. The van der Waals surface area contributed by atoms with Crippen LogP contribution in [0.1, 0.15) is 6.42 Å². The normalized spacial score (nSPS) is 21.7. The third-order valence-corrected chi connectivity index (χ3v) is 2.34. The summed E-state index contributed by atoms with van der Waals surface area (Å²) in [5.41, 5.74) is 1.41. The lowest BCUT2D eigenvalue weighted by Gasteiger charge is -2.32. The minimum Gasteiger partial charge on any atom is -0.465 e. The van der Waals surface area contributed by atoms with E-state index in [1.807, 2.05) is 0 Å². The molecule has 0 aromatic heterocycles. The Kier molecular flexibility index (Phi) is 2.12. The highest BCUT2D eigenvalue weighted by Gasteiger charge is 2.29. The van der Waals surface area contributed by atoms with E-state index in [0.29, 0.717) is 18.7 Å². The highest BCUT2D eigenvalue weighted by molar-refractivity contribution is 5.86. The van der Waals surface area contributed by atoms with Crippen LogP contribution in [0.15, 0.2) is 11.4 Å². The molecule has 0 saturated heterocycles. The zero-order valence-electron chi connectivity index (χ0n) is 7.54. The number of nitrogens with zero attached hydrogens (tertiary/aromatic N) is 1. The number of carbonyl (C=O) groups excluding carboxylic acids is 1. The second-order valence-electron chi connectivity index (χ2n) is 3.27. The average molecular weight is 197 g/mol. The molecule has 2 aliphatic heterocycles. The Bertz CT molecular complexity index is 324. The molecule has 14 heavy (non-hydrogen) atoms. The molecule has 0 aliphatic carbocycles. The molecule has 3 N–H and O–H groups in total. The summed E-state index contributed by atoms with van der Waals surface area (Å²) in [4.78, 5) is 23.1. The largest absolute Gasteiger partial charge is 0.465 e. The van der Waals surface area contributed by atoms with Crippen LogP contribution in [0.25, 0.3) is 0 Å². The Morgan fingerprint density at radius 1 is 1.50 bits per heavy atom. The Balaban J connectivity index is 2.32. The molecular formula is C8H11N3O3. The Morgan fingerprint density at radius 3 is 3.00 bits per heavy atom. The second-order valence-corrected chi connectivity index (χ2v) is 3.27. The van der Waals surface area contributed by atoms with Crippen LogP contribution in [-0.2, 0) is 4.79 Å². The van der Waals surface area contributed by atoms with Crippen molar-refractivity contribution in [3.63, 3.8) is 0 Å². The van der Waals surface area contributed by atoms with Crippen molar-refractivity contribution in [1.82, 2.24) is 15.5 Å². The van der Waals surface area contributed by atoms with Gasteiger partial charge in [-0.05, 0) is 0 Å². The minimum absolute atomic E-state index is 0.0891. The zero-order chi connectivity index (χ0) is 10.1. The third kappa shape index (κ3) is 1.44. The maximum absolute atomic E-state index is 11.2. The van der Waals surface area contributed by atoms with Crippen molar-refractivity contribution in [2.24, 2.45) is 0 Å². The standard InChI is InChI=1S/C8H11N3O3/c12-7-4-11(8(13)14)6-1-2-9-3-5(6)10-7/h9H,1-4H2,(H,10,12)(H,13,14). The third-order valence-electron chi connectivity index (χ3n) is 2.34. The van der Waals surface area contributed by atoms with Gasteiger partial charge in [0.15, 0.2) is 0 Å². The van der Waals surface area contributed by atoms with E-state index in [4.69, 9.17) is 5.11 Å². The van der Waals surface area contributed by atoms with Crippen molar-refractivity contribution in [3.05, 3.63) is 11.4 Å². The van der Waals surface area contributed by atoms with Gasteiger partial charge in [0.05, 0.1) is 5.70 Å². The molecule has 2 heterocycles. The highest BCUT2D eigenvalue weighted by atomic mass is 16.4. The van der Waals surface area contributed by atoms with E-state index in [1.165, 1.54) is 0 Å². The van der Waals surface area contributed by atoms with Gasteiger partial charge in [-0.3, -0.25) is 9.69 Å². The summed E-state index contributed by atoms with van der Waals surface area (Å²) in [7, 11) is 0. The fourth-order valence-electron chi connectivity index (χ4n) is 1.72. The minimum atomic E-state index is -1.06. The van der Waals surface area contributed by atoms with Crippen molar-refractivity contribution in [2.45, 2.75) is 6.42 Å². The predicted octanol–water partition coefficient (Wildman–Crippen LogP) is -0.699. The molecular weight excluding hydrogens is 186 g/mol. The molecule has 0 aromatic rings. The molecule has 6 nitrogen and oxygen atoms in total. The Labute approximate surface area is 80.6 Å². The van der Waals surface area contributed by atoms with E-state index in [1.54, 1.807) is 0 Å². The SMILES string of the molecule is O=C1CN(C(=O)O)C2=C(CNCC2)N1. The van der Waals surface area contributed by atoms with Gasteiger partial charge in [-0.15, -0.1) is 0 Å². The van der Waals surface area contributed by atoms with Crippen LogP contribution < -0.4 is 10.6 Å². The number of nitrogens with one attached hydrogen (secondary N) is 2. The first kappa shape index (κ1) is 9.01. The smallest absolute Gasteiger partial charge is 0.412 e. The fourth-order valence-corrected chi connectivity index (χ4v) is 1.72. The average Bonchev–Trinajstić information content (AvgIpc) is 2.16. The van der Waals surface area contributed by atoms with Gasteiger partial charge in [0.2, 0.25) is 5.91 Å².